The van der Waals surface area contributed by atoms with Crippen LogP contribution in [0.5, 0.6) is 11.5 Å². The Balaban J connectivity index is 2.08. The van der Waals surface area contributed by atoms with Gasteiger partial charge in [-0.3, -0.25) is 4.90 Å². The summed E-state index contributed by atoms with van der Waals surface area (Å²) in [4.78, 5) is 2.07. The summed E-state index contributed by atoms with van der Waals surface area (Å²) in [5.74, 6) is 4.28. The van der Waals surface area contributed by atoms with Crippen LogP contribution in [-0.2, 0) is 6.54 Å². The third-order valence-electron chi connectivity index (χ3n) is 2.42. The van der Waals surface area contributed by atoms with Crippen LogP contribution in [0.1, 0.15) is 5.56 Å². The molecule has 0 spiro atoms. The molecule has 0 aromatic heterocycles. The minimum Gasteiger partial charge on any atom is -0.486 e. The van der Waals surface area contributed by atoms with Crippen molar-refractivity contribution in [3.05, 3.63) is 23.8 Å². The molecule has 0 radical (unpaired) electrons. The standard InChI is InChI=1S/C13H15NO2/c1-3-6-14(2)10-11-4-5-12-13(9-11)16-8-7-15-12/h1,4-5,9H,6-8,10H2,2H3. The second kappa shape index (κ2) is 4.91. The van der Waals surface area contributed by atoms with Crippen molar-refractivity contribution in [1.82, 2.24) is 4.90 Å². The van der Waals surface area contributed by atoms with Crippen LogP contribution in [0.3, 0.4) is 0 Å². The monoisotopic (exact) mass is 217 g/mol. The summed E-state index contributed by atoms with van der Waals surface area (Å²) in [6, 6.07) is 6.01. The van der Waals surface area contributed by atoms with Gasteiger partial charge in [0.25, 0.3) is 0 Å². The molecule has 2 rings (SSSR count). The Morgan fingerprint density at radius 1 is 1.31 bits per heavy atom. The van der Waals surface area contributed by atoms with Crippen LogP contribution in [0.15, 0.2) is 18.2 Å². The zero-order chi connectivity index (χ0) is 11.4. The molecule has 84 valence electrons. The molecular weight excluding hydrogens is 202 g/mol. The van der Waals surface area contributed by atoms with Gasteiger partial charge in [0.1, 0.15) is 13.2 Å². The molecule has 1 heterocycles. The predicted molar refractivity (Wildman–Crippen MR) is 62.6 cm³/mol. The van der Waals surface area contributed by atoms with Crippen LogP contribution in [0.2, 0.25) is 0 Å². The lowest BCUT2D eigenvalue weighted by Crippen LogP contribution is -2.19. The first-order valence-corrected chi connectivity index (χ1v) is 5.30. The summed E-state index contributed by atoms with van der Waals surface area (Å²) in [7, 11) is 2.00. The van der Waals surface area contributed by atoms with Crippen LogP contribution >= 0.6 is 0 Å². The van der Waals surface area contributed by atoms with E-state index in [1.54, 1.807) is 0 Å². The van der Waals surface area contributed by atoms with E-state index in [9.17, 15) is 0 Å². The second-order valence-electron chi connectivity index (χ2n) is 3.85. The van der Waals surface area contributed by atoms with E-state index in [1.165, 1.54) is 5.56 Å². The first-order valence-electron chi connectivity index (χ1n) is 5.30. The van der Waals surface area contributed by atoms with Crippen LogP contribution in [0.4, 0.5) is 0 Å². The topological polar surface area (TPSA) is 21.7 Å². The summed E-state index contributed by atoms with van der Waals surface area (Å²) >= 11 is 0. The zero-order valence-corrected chi connectivity index (χ0v) is 9.40. The number of fused-ring (bicyclic) bond motifs is 1. The van der Waals surface area contributed by atoms with E-state index in [1.807, 2.05) is 25.2 Å². The van der Waals surface area contributed by atoms with Gasteiger partial charge in [-0.1, -0.05) is 12.0 Å². The molecule has 0 saturated heterocycles. The number of benzene rings is 1. The third-order valence-corrected chi connectivity index (χ3v) is 2.42. The van der Waals surface area contributed by atoms with Crippen molar-refractivity contribution in [3.63, 3.8) is 0 Å². The SMILES string of the molecule is C#CCN(C)Cc1ccc2c(c1)OCCO2. The minimum absolute atomic E-state index is 0.622. The number of hydrogen-bond acceptors (Lipinski definition) is 3. The molecule has 1 aliphatic rings. The van der Waals surface area contributed by atoms with Crippen molar-refractivity contribution in [3.8, 4) is 23.8 Å². The first kappa shape index (κ1) is 10.8. The first-order chi connectivity index (χ1) is 7.79. The average Bonchev–Trinajstić information content (AvgIpc) is 2.29. The highest BCUT2D eigenvalue weighted by Crippen LogP contribution is 2.30. The van der Waals surface area contributed by atoms with E-state index in [0.717, 1.165) is 18.0 Å². The van der Waals surface area contributed by atoms with E-state index in [4.69, 9.17) is 15.9 Å². The van der Waals surface area contributed by atoms with Gasteiger partial charge in [-0.25, -0.2) is 0 Å². The fraction of sp³-hybridized carbons (Fsp3) is 0.385. The van der Waals surface area contributed by atoms with Gasteiger partial charge in [0.15, 0.2) is 11.5 Å². The highest BCUT2D eigenvalue weighted by Gasteiger charge is 2.11. The molecule has 0 bridgehead atoms. The lowest BCUT2D eigenvalue weighted by molar-refractivity contribution is 0.171. The van der Waals surface area contributed by atoms with Gasteiger partial charge >= 0.3 is 0 Å². The van der Waals surface area contributed by atoms with Crippen molar-refractivity contribution in [2.45, 2.75) is 6.54 Å². The van der Waals surface area contributed by atoms with E-state index < -0.39 is 0 Å². The molecule has 0 aliphatic carbocycles. The van der Waals surface area contributed by atoms with Crippen LogP contribution in [-0.4, -0.2) is 31.7 Å². The fourth-order valence-corrected chi connectivity index (χ4v) is 1.71. The van der Waals surface area contributed by atoms with Crippen LogP contribution in [0, 0.1) is 12.3 Å². The summed E-state index contributed by atoms with van der Waals surface area (Å²) in [6.45, 7) is 2.72. The summed E-state index contributed by atoms with van der Waals surface area (Å²) < 4.78 is 11.0. The predicted octanol–water partition coefficient (Wildman–Crippen LogP) is 1.52. The Kier molecular flexibility index (Phi) is 3.33. The molecule has 0 N–H and O–H groups in total. The summed E-state index contributed by atoms with van der Waals surface area (Å²) in [5.41, 5.74) is 1.18. The minimum atomic E-state index is 0.622. The summed E-state index contributed by atoms with van der Waals surface area (Å²) in [6.07, 6.45) is 5.26. The normalized spacial score (nSPS) is 13.6. The Hall–Kier alpha value is -1.66. The molecule has 0 unspecified atom stereocenters. The van der Waals surface area contributed by atoms with Crippen molar-refractivity contribution in [1.29, 1.82) is 0 Å². The van der Waals surface area contributed by atoms with E-state index in [-0.39, 0.29) is 0 Å². The number of rotatable bonds is 3. The highest BCUT2D eigenvalue weighted by molar-refractivity contribution is 5.43. The molecule has 1 aromatic rings. The Morgan fingerprint density at radius 2 is 2.06 bits per heavy atom. The molecule has 3 heteroatoms. The Morgan fingerprint density at radius 3 is 2.81 bits per heavy atom. The second-order valence-corrected chi connectivity index (χ2v) is 3.85. The molecule has 0 fully saturated rings. The lowest BCUT2D eigenvalue weighted by atomic mass is 10.2. The number of ether oxygens (including phenoxy) is 2. The number of hydrogen-bond donors (Lipinski definition) is 0. The molecular formula is C13H15NO2. The van der Waals surface area contributed by atoms with E-state index in [2.05, 4.69) is 10.8 Å². The van der Waals surface area contributed by atoms with E-state index in [0.29, 0.717) is 19.8 Å². The molecule has 0 amide bonds. The Labute approximate surface area is 96.0 Å². The number of nitrogens with zero attached hydrogens (tertiary/aromatic N) is 1. The number of terminal acetylenes is 1. The third kappa shape index (κ3) is 2.47. The van der Waals surface area contributed by atoms with E-state index >= 15 is 0 Å². The molecule has 3 nitrogen and oxygen atoms in total. The molecule has 0 saturated carbocycles. The van der Waals surface area contributed by atoms with Gasteiger partial charge in [0.05, 0.1) is 6.54 Å². The van der Waals surface area contributed by atoms with Crippen LogP contribution in [0.25, 0.3) is 0 Å². The van der Waals surface area contributed by atoms with Gasteiger partial charge < -0.3 is 9.47 Å². The maximum Gasteiger partial charge on any atom is 0.161 e. The van der Waals surface area contributed by atoms with Gasteiger partial charge in [-0.05, 0) is 24.7 Å². The highest BCUT2D eigenvalue weighted by atomic mass is 16.6. The molecule has 1 aliphatic heterocycles. The fourth-order valence-electron chi connectivity index (χ4n) is 1.71. The smallest absolute Gasteiger partial charge is 0.161 e. The zero-order valence-electron chi connectivity index (χ0n) is 9.40. The van der Waals surface area contributed by atoms with Crippen molar-refractivity contribution < 1.29 is 9.47 Å². The average molecular weight is 217 g/mol. The van der Waals surface area contributed by atoms with Gasteiger partial charge in [-0.15, -0.1) is 6.42 Å². The Bertz CT molecular complexity index is 409. The summed E-state index contributed by atoms with van der Waals surface area (Å²) in [5, 5.41) is 0. The lowest BCUT2D eigenvalue weighted by Gasteiger charge is -2.20. The maximum atomic E-state index is 5.52. The van der Waals surface area contributed by atoms with Crippen molar-refractivity contribution in [2.75, 3.05) is 26.8 Å². The molecule has 16 heavy (non-hydrogen) atoms. The van der Waals surface area contributed by atoms with Gasteiger partial charge in [-0.2, -0.15) is 0 Å². The van der Waals surface area contributed by atoms with Crippen LogP contribution < -0.4 is 9.47 Å². The molecule has 1 aromatic carbocycles. The van der Waals surface area contributed by atoms with Crippen molar-refractivity contribution >= 4 is 0 Å². The van der Waals surface area contributed by atoms with Crippen molar-refractivity contribution in [2.24, 2.45) is 0 Å². The van der Waals surface area contributed by atoms with Gasteiger partial charge in [0, 0.05) is 6.54 Å². The molecule has 0 atom stereocenters. The quantitative estimate of drug-likeness (QED) is 0.717. The largest absolute Gasteiger partial charge is 0.486 e. The maximum absolute atomic E-state index is 5.52. The van der Waals surface area contributed by atoms with Gasteiger partial charge in [0.2, 0.25) is 0 Å².